The molecule has 0 saturated carbocycles. The highest BCUT2D eigenvalue weighted by atomic mass is 35.5. The third-order valence-corrected chi connectivity index (χ3v) is 16.7. The fourth-order valence-electron chi connectivity index (χ4n) is 2.71. The number of rotatable bonds is 14. The number of hydrogen-bond acceptors (Lipinski definition) is 3. The zero-order valence-electron chi connectivity index (χ0n) is 22.6. The van der Waals surface area contributed by atoms with E-state index in [0.717, 1.165) is 38.5 Å². The van der Waals surface area contributed by atoms with Crippen molar-refractivity contribution >= 4 is 39.8 Å². The van der Waals surface area contributed by atoms with Crippen molar-refractivity contribution in [3.05, 3.63) is 0 Å². The SMILES string of the molecule is CCCCCC(Cl)(OC(Cl)(CCCCC)O[Si](C)(C)C(C)(C)C)O[Si](C)(C)C(C)(C)C. The third kappa shape index (κ3) is 10.8. The predicted molar refractivity (Wildman–Crippen MR) is 143 cm³/mol. The van der Waals surface area contributed by atoms with E-state index in [1.807, 2.05) is 0 Å². The zero-order valence-corrected chi connectivity index (χ0v) is 26.1. The first-order valence-corrected chi connectivity index (χ1v) is 18.8. The van der Waals surface area contributed by atoms with E-state index in [1.54, 1.807) is 0 Å². The van der Waals surface area contributed by atoms with Crippen LogP contribution in [0.15, 0.2) is 0 Å². The van der Waals surface area contributed by atoms with Gasteiger partial charge in [0.15, 0.2) is 16.6 Å². The molecular formula is C24H52Cl2O3Si2. The number of hydrogen-bond donors (Lipinski definition) is 0. The van der Waals surface area contributed by atoms with Crippen molar-refractivity contribution in [2.75, 3.05) is 0 Å². The Morgan fingerprint density at radius 3 is 1.10 bits per heavy atom. The van der Waals surface area contributed by atoms with Gasteiger partial charge in [0.2, 0.25) is 10.5 Å². The van der Waals surface area contributed by atoms with E-state index >= 15 is 0 Å². The van der Waals surface area contributed by atoms with Gasteiger partial charge in [-0.3, -0.25) is 4.74 Å². The molecule has 0 aliphatic heterocycles. The lowest BCUT2D eigenvalue weighted by molar-refractivity contribution is -0.248. The van der Waals surface area contributed by atoms with Crippen LogP contribution in [0.5, 0.6) is 0 Å². The molecule has 2 unspecified atom stereocenters. The summed E-state index contributed by atoms with van der Waals surface area (Å²) >= 11 is 14.3. The fraction of sp³-hybridized carbons (Fsp3) is 1.00. The van der Waals surface area contributed by atoms with E-state index in [2.05, 4.69) is 81.6 Å². The average Bonchev–Trinajstić information content (AvgIpc) is 2.51. The second-order valence-electron chi connectivity index (χ2n) is 12.1. The van der Waals surface area contributed by atoms with Crippen LogP contribution in [0.4, 0.5) is 0 Å². The van der Waals surface area contributed by atoms with Gasteiger partial charge in [-0.05, 0) is 49.1 Å². The van der Waals surface area contributed by atoms with E-state index in [1.165, 1.54) is 0 Å². The lowest BCUT2D eigenvalue weighted by atomic mass is 10.2. The maximum atomic E-state index is 7.15. The van der Waals surface area contributed by atoms with E-state index in [9.17, 15) is 0 Å². The van der Waals surface area contributed by atoms with Gasteiger partial charge in [-0.2, -0.15) is 0 Å². The molecule has 31 heavy (non-hydrogen) atoms. The highest BCUT2D eigenvalue weighted by Gasteiger charge is 2.51. The Morgan fingerprint density at radius 1 is 0.581 bits per heavy atom. The summed E-state index contributed by atoms with van der Waals surface area (Å²) in [5.41, 5.74) is 0. The Morgan fingerprint density at radius 2 is 0.871 bits per heavy atom. The van der Waals surface area contributed by atoms with Gasteiger partial charge in [-0.25, -0.2) is 0 Å². The summed E-state index contributed by atoms with van der Waals surface area (Å²) in [4.78, 5) is 0. The van der Waals surface area contributed by atoms with E-state index in [4.69, 9.17) is 36.8 Å². The average molecular weight is 516 g/mol. The second kappa shape index (κ2) is 12.0. The van der Waals surface area contributed by atoms with Gasteiger partial charge in [0.25, 0.3) is 0 Å². The summed E-state index contributed by atoms with van der Waals surface area (Å²) in [6.07, 6.45) is 7.41. The number of ether oxygens (including phenoxy) is 1. The lowest BCUT2D eigenvalue weighted by Gasteiger charge is -2.48. The van der Waals surface area contributed by atoms with Gasteiger partial charge >= 0.3 is 0 Å². The van der Waals surface area contributed by atoms with Crippen molar-refractivity contribution in [2.24, 2.45) is 0 Å². The highest BCUT2D eigenvalue weighted by Crippen LogP contribution is 2.47. The molecule has 0 amide bonds. The van der Waals surface area contributed by atoms with Crippen molar-refractivity contribution in [3.63, 3.8) is 0 Å². The molecule has 0 rings (SSSR count). The van der Waals surface area contributed by atoms with Crippen LogP contribution < -0.4 is 0 Å². The Hall–Kier alpha value is 0.894. The van der Waals surface area contributed by atoms with Gasteiger partial charge in [-0.15, -0.1) is 0 Å². The smallest absolute Gasteiger partial charge is 0.242 e. The topological polar surface area (TPSA) is 27.7 Å². The number of alkyl halides is 2. The second-order valence-corrected chi connectivity index (χ2v) is 22.7. The van der Waals surface area contributed by atoms with Crippen molar-refractivity contribution in [1.82, 2.24) is 0 Å². The minimum atomic E-state index is -2.19. The molecule has 0 spiro atoms. The largest absolute Gasteiger partial charge is 0.378 e. The molecule has 2 atom stereocenters. The maximum Gasteiger partial charge on any atom is 0.242 e. The molecule has 0 aliphatic rings. The van der Waals surface area contributed by atoms with Crippen LogP contribution in [0.25, 0.3) is 0 Å². The molecule has 0 heterocycles. The molecule has 0 N–H and O–H groups in total. The lowest BCUT2D eigenvalue weighted by Crippen LogP contribution is -2.55. The number of halogens is 2. The van der Waals surface area contributed by atoms with E-state index in [-0.39, 0.29) is 10.1 Å². The summed E-state index contributed by atoms with van der Waals surface area (Å²) in [6.45, 7) is 26.5. The van der Waals surface area contributed by atoms with Crippen LogP contribution >= 0.6 is 23.2 Å². The maximum absolute atomic E-state index is 7.15. The first-order chi connectivity index (χ1) is 13.7. The molecular weight excluding hydrogens is 463 g/mol. The first kappa shape index (κ1) is 31.9. The number of unbranched alkanes of at least 4 members (excludes halogenated alkanes) is 4. The predicted octanol–water partition coefficient (Wildman–Crippen LogP) is 9.99. The molecule has 0 aromatic rings. The minimum absolute atomic E-state index is 0.0126. The summed E-state index contributed by atoms with van der Waals surface area (Å²) in [5, 5.41) is -2.54. The molecule has 3 nitrogen and oxygen atoms in total. The van der Waals surface area contributed by atoms with Crippen molar-refractivity contribution < 1.29 is 13.6 Å². The fourth-order valence-corrected chi connectivity index (χ4v) is 6.85. The summed E-state index contributed by atoms with van der Waals surface area (Å²) in [6, 6.07) is 0. The van der Waals surface area contributed by atoms with Crippen LogP contribution in [0.1, 0.15) is 107 Å². The van der Waals surface area contributed by atoms with Gasteiger partial charge < -0.3 is 8.85 Å². The quantitative estimate of drug-likeness (QED) is 0.0997. The van der Waals surface area contributed by atoms with E-state index in [0.29, 0.717) is 12.8 Å². The van der Waals surface area contributed by atoms with E-state index < -0.39 is 27.1 Å². The molecule has 0 bridgehead atoms. The Labute approximate surface area is 206 Å². The van der Waals surface area contributed by atoms with Gasteiger partial charge in [0.1, 0.15) is 0 Å². The van der Waals surface area contributed by atoms with Crippen LogP contribution in [0.2, 0.25) is 36.3 Å². The molecule has 0 fully saturated rings. The van der Waals surface area contributed by atoms with Crippen molar-refractivity contribution in [2.45, 2.75) is 154 Å². The van der Waals surface area contributed by atoms with Crippen LogP contribution in [0, 0.1) is 0 Å². The van der Waals surface area contributed by atoms with Gasteiger partial charge in [0, 0.05) is 12.8 Å². The van der Waals surface area contributed by atoms with Crippen LogP contribution in [-0.4, -0.2) is 27.1 Å². The molecule has 0 aliphatic carbocycles. The molecule has 7 heteroatoms. The van der Waals surface area contributed by atoms with Crippen molar-refractivity contribution in [3.8, 4) is 0 Å². The highest BCUT2D eigenvalue weighted by molar-refractivity contribution is 6.75. The summed E-state index contributed by atoms with van der Waals surface area (Å²) in [7, 11) is -4.39. The Kier molecular flexibility index (Phi) is 12.4. The van der Waals surface area contributed by atoms with Crippen LogP contribution in [-0.2, 0) is 13.6 Å². The van der Waals surface area contributed by atoms with Gasteiger partial charge in [-0.1, -0.05) is 104 Å². The zero-order chi connectivity index (χ0) is 24.8. The van der Waals surface area contributed by atoms with Crippen LogP contribution in [0.3, 0.4) is 0 Å². The molecule has 0 saturated heterocycles. The standard InChI is InChI=1S/C24H52Cl2O3Si2/c1-13-15-17-19-23(25,28-30(9,10)21(3,4)5)27-24(26,20-18-16-14-2)29-31(11,12)22(6,7)8/h13-20H2,1-12H3. The summed E-state index contributed by atoms with van der Waals surface area (Å²) in [5.74, 6) is 0. The Balaban J connectivity index is 5.99. The van der Waals surface area contributed by atoms with Gasteiger partial charge in [0.05, 0.1) is 0 Å². The summed E-state index contributed by atoms with van der Waals surface area (Å²) < 4.78 is 19.9. The molecule has 0 aromatic heterocycles. The van der Waals surface area contributed by atoms with Crippen molar-refractivity contribution in [1.29, 1.82) is 0 Å². The Bertz CT molecular complexity index is 484. The third-order valence-electron chi connectivity index (χ3n) is 6.89. The molecule has 0 aromatic carbocycles. The minimum Gasteiger partial charge on any atom is -0.378 e. The molecule has 0 radical (unpaired) electrons. The first-order valence-electron chi connectivity index (χ1n) is 12.2. The monoisotopic (exact) mass is 514 g/mol. The molecule has 188 valence electrons. The normalized spacial score (nSPS) is 18.0.